The smallest absolute Gasteiger partial charge is 1.00 e. The predicted octanol–water partition coefficient (Wildman–Crippen LogP) is 17.5. The van der Waals surface area contributed by atoms with Gasteiger partial charge in [0, 0.05) is 52.4 Å². The van der Waals surface area contributed by atoms with Gasteiger partial charge < -0.3 is 39.2 Å². The van der Waals surface area contributed by atoms with Gasteiger partial charge >= 0.3 is 111 Å². The summed E-state index contributed by atoms with van der Waals surface area (Å²) in [6, 6.07) is 51.8. The van der Waals surface area contributed by atoms with Gasteiger partial charge in [-0.3, -0.25) is 0 Å². The van der Waals surface area contributed by atoms with E-state index < -0.39 is 15.6 Å². The summed E-state index contributed by atoms with van der Waals surface area (Å²) in [5, 5.41) is 0. The van der Waals surface area contributed by atoms with Crippen molar-refractivity contribution in [2.45, 2.75) is 53.9 Å². The molecule has 4 heterocycles. The molecular formula is C52H52Ag2F12N8P2. The standard InChI is InChI=1S/2C26H26N4.2Ag.2F6P/c2*1-3-27-19-29(25-14-7-5-12-23(25)27)17-21-10-9-11-22(16-21)18-30-20-28(4-2)24-13-6-8-15-26(24)30;;;2*1-7(2,3,4,5)6/h2*5-16H,3-4,17-18H2,1-2H3;;;;/q;;2*+1;2*-1. The van der Waals surface area contributed by atoms with Gasteiger partial charge in [0.15, 0.2) is 0 Å². The molecular weight excluding hydrogens is 1240 g/mol. The Labute approximate surface area is 467 Å². The molecule has 8 nitrogen and oxygen atoms in total. The summed E-state index contributed by atoms with van der Waals surface area (Å²) in [5.41, 5.74) is 14.9. The Morgan fingerprint density at radius 2 is 0.434 bits per heavy atom. The molecule has 0 atom stereocenters. The first kappa shape index (κ1) is 62.1. The molecule has 0 bridgehead atoms. The fourth-order valence-corrected chi connectivity index (χ4v) is 8.53. The minimum Gasteiger partial charge on any atom is 1.00 e. The summed E-state index contributed by atoms with van der Waals surface area (Å²) in [4.78, 5) is 17.6. The normalized spacial score (nSPS) is 16.1. The zero-order valence-corrected chi connectivity index (χ0v) is 45.9. The van der Waals surface area contributed by atoms with Crippen molar-refractivity contribution >= 4 is 61.1 Å². The van der Waals surface area contributed by atoms with Crippen molar-refractivity contribution in [3.63, 3.8) is 0 Å². The van der Waals surface area contributed by atoms with Crippen LogP contribution in [-0.4, -0.2) is 26.2 Å². The first-order valence-electron chi connectivity index (χ1n) is 23.3. The first-order valence-corrected chi connectivity index (χ1v) is 27.4. The van der Waals surface area contributed by atoms with E-state index in [1.165, 1.54) is 67.8 Å². The summed E-state index contributed by atoms with van der Waals surface area (Å²) in [6.07, 6.45) is 0. The molecule has 416 valence electrons. The Kier molecular flexibility index (Phi) is 18.7. The molecule has 0 spiro atoms. The van der Waals surface area contributed by atoms with Gasteiger partial charge in [-0.2, -0.15) is 0 Å². The van der Waals surface area contributed by atoms with Gasteiger partial charge in [-0.25, -0.2) is 0 Å². The van der Waals surface area contributed by atoms with Crippen LogP contribution in [0.1, 0.15) is 49.9 Å². The van der Waals surface area contributed by atoms with E-state index in [1.54, 1.807) is 0 Å². The molecule has 4 aliphatic rings. The van der Waals surface area contributed by atoms with Crippen LogP contribution < -0.4 is 39.2 Å². The number of fused-ring (bicyclic) bond motifs is 4. The monoisotopic (exact) mass is 1290 g/mol. The Morgan fingerprint density at radius 1 is 0.276 bits per heavy atom. The average Bonchev–Trinajstić information content (AvgIpc) is 4.08. The van der Waals surface area contributed by atoms with E-state index in [2.05, 4.69) is 239 Å². The summed E-state index contributed by atoms with van der Waals surface area (Å²) < 4.78 is 118. The van der Waals surface area contributed by atoms with E-state index in [-0.39, 0.29) is 44.8 Å². The molecule has 0 saturated carbocycles. The zero-order chi connectivity index (χ0) is 53.8. The Bertz CT molecular complexity index is 2530. The van der Waals surface area contributed by atoms with Crippen LogP contribution in [0.3, 0.4) is 0 Å². The summed E-state index contributed by atoms with van der Waals surface area (Å²) in [6.45, 7) is 29.6. The van der Waals surface area contributed by atoms with Crippen molar-refractivity contribution in [1.29, 1.82) is 0 Å². The second kappa shape index (κ2) is 22.9. The third-order valence-electron chi connectivity index (χ3n) is 11.4. The minimum atomic E-state index is -10.7. The van der Waals surface area contributed by atoms with Crippen molar-refractivity contribution in [3.8, 4) is 0 Å². The predicted molar refractivity (Wildman–Crippen MR) is 276 cm³/mol. The van der Waals surface area contributed by atoms with Gasteiger partial charge in [0.1, 0.15) is 0 Å². The average molecular weight is 1290 g/mol. The summed E-state index contributed by atoms with van der Waals surface area (Å²) in [7, 11) is -21.3. The van der Waals surface area contributed by atoms with Crippen LogP contribution in [0.4, 0.5) is 95.9 Å². The van der Waals surface area contributed by atoms with Crippen molar-refractivity contribution in [2.75, 3.05) is 65.4 Å². The van der Waals surface area contributed by atoms with Gasteiger partial charge in [0.05, 0.1) is 45.5 Å². The van der Waals surface area contributed by atoms with Gasteiger partial charge in [-0.15, -0.1) is 0 Å². The van der Waals surface area contributed by atoms with Crippen LogP contribution >= 0.6 is 15.6 Å². The Balaban J connectivity index is 0.000000220. The third kappa shape index (κ3) is 18.7. The maximum atomic E-state index is 9.87. The number of halogens is 12. The second-order valence-electron chi connectivity index (χ2n) is 17.2. The minimum absolute atomic E-state index is 0. The van der Waals surface area contributed by atoms with Crippen LogP contribution in [-0.2, 0) is 70.9 Å². The SMILES string of the molecule is CCN1[C]N(Cc2cccc(CN3[C]N(CC)c4ccccc43)c2)c2ccccc21.CCN1[C]N(Cc2cccc(CN3[C]N(CC)c4ccccc43)c2)c2ccccc21.F[P-](F)(F)(F)(F)F.F[P-](F)(F)(F)(F)F.[Ag+].[Ag+]. The number of para-hydroxylation sites is 8. The number of hydrogen-bond donors (Lipinski definition) is 0. The van der Waals surface area contributed by atoms with Crippen LogP contribution in [0.2, 0.25) is 0 Å². The summed E-state index contributed by atoms with van der Waals surface area (Å²) >= 11 is 0. The largest absolute Gasteiger partial charge is 1.00 e. The molecule has 0 aromatic heterocycles. The molecule has 4 aliphatic heterocycles. The van der Waals surface area contributed by atoms with E-state index in [4.69, 9.17) is 0 Å². The second-order valence-corrected chi connectivity index (χ2v) is 21.1. The number of anilines is 8. The molecule has 6 aromatic carbocycles. The van der Waals surface area contributed by atoms with Crippen molar-refractivity contribution in [2.24, 2.45) is 0 Å². The molecule has 0 aliphatic carbocycles. The third-order valence-corrected chi connectivity index (χ3v) is 11.4. The van der Waals surface area contributed by atoms with Crippen molar-refractivity contribution < 1.29 is 95.1 Å². The van der Waals surface area contributed by atoms with Gasteiger partial charge in [-0.05, 0) is 98.5 Å². The van der Waals surface area contributed by atoms with Gasteiger partial charge in [-0.1, -0.05) is 97.1 Å². The molecule has 0 fully saturated rings. The molecule has 8 radical (unpaired) electrons. The van der Waals surface area contributed by atoms with Gasteiger partial charge in [0.25, 0.3) is 0 Å². The molecule has 76 heavy (non-hydrogen) atoms. The van der Waals surface area contributed by atoms with Crippen LogP contribution in [0.15, 0.2) is 146 Å². The van der Waals surface area contributed by atoms with Crippen LogP contribution in [0, 0.1) is 26.7 Å². The van der Waals surface area contributed by atoms with Crippen LogP contribution in [0.5, 0.6) is 0 Å². The summed E-state index contributed by atoms with van der Waals surface area (Å²) in [5.74, 6) is 0. The van der Waals surface area contributed by atoms with Gasteiger partial charge in [0.2, 0.25) is 26.7 Å². The fraction of sp³-hybridized carbons (Fsp3) is 0.231. The maximum absolute atomic E-state index is 10.7. The maximum Gasteiger partial charge on any atom is 1.00 e. The number of nitrogens with zero attached hydrogens (tertiary/aromatic N) is 8. The van der Waals surface area contributed by atoms with E-state index in [9.17, 15) is 50.4 Å². The van der Waals surface area contributed by atoms with Crippen molar-refractivity contribution in [1.82, 2.24) is 0 Å². The first-order chi connectivity index (χ1) is 34.4. The number of benzene rings is 6. The Hall–Kier alpha value is -4.78. The van der Waals surface area contributed by atoms with E-state index in [1.807, 2.05) is 0 Å². The van der Waals surface area contributed by atoms with E-state index in [0.29, 0.717) is 0 Å². The Morgan fingerprint density at radius 3 is 0.592 bits per heavy atom. The number of hydrogen-bond acceptors (Lipinski definition) is 8. The molecule has 24 heteroatoms. The molecule has 0 saturated heterocycles. The van der Waals surface area contributed by atoms with Crippen molar-refractivity contribution in [3.05, 3.63) is 195 Å². The molecule has 0 unspecified atom stereocenters. The molecule has 0 N–H and O–H groups in total. The topological polar surface area (TPSA) is 25.9 Å². The molecule has 0 amide bonds. The fourth-order valence-electron chi connectivity index (χ4n) is 8.53. The quantitative estimate of drug-likeness (QED) is 0.0679. The van der Waals surface area contributed by atoms with E-state index >= 15 is 0 Å². The van der Waals surface area contributed by atoms with E-state index in [0.717, 1.165) is 52.4 Å². The van der Waals surface area contributed by atoms with Crippen LogP contribution in [0.25, 0.3) is 0 Å². The molecule has 6 aromatic rings. The number of rotatable bonds is 12. The molecule has 10 rings (SSSR count). The zero-order valence-electron chi connectivity index (χ0n) is 41.1.